The number of sulfonamides is 1. The van der Waals surface area contributed by atoms with Crippen LogP contribution in [0, 0.1) is 13.8 Å². The van der Waals surface area contributed by atoms with Crippen molar-refractivity contribution in [2.75, 3.05) is 11.0 Å². The molecule has 2 N–H and O–H groups in total. The zero-order valence-corrected chi connectivity index (χ0v) is 17.6. The molecule has 1 amide bonds. The third kappa shape index (κ3) is 4.47. The van der Waals surface area contributed by atoms with Gasteiger partial charge in [-0.3, -0.25) is 9.52 Å². The number of ether oxygens (including phenoxy) is 1. The first-order valence-electron chi connectivity index (χ1n) is 9.13. The summed E-state index contributed by atoms with van der Waals surface area (Å²) in [6.45, 7) is 7.73. The van der Waals surface area contributed by atoms with Crippen molar-refractivity contribution in [3.8, 4) is 5.75 Å². The Morgan fingerprint density at radius 2 is 1.89 bits per heavy atom. The van der Waals surface area contributed by atoms with Crippen molar-refractivity contribution in [3.63, 3.8) is 0 Å². The molecule has 0 fully saturated rings. The summed E-state index contributed by atoms with van der Waals surface area (Å²) in [4.78, 5) is 13.0. The monoisotopic (exact) mass is 402 g/mol. The van der Waals surface area contributed by atoms with Gasteiger partial charge in [0.1, 0.15) is 11.4 Å². The molecule has 150 valence electrons. The predicted octanol–water partition coefficient (Wildman–Crippen LogP) is 3.71. The van der Waals surface area contributed by atoms with Crippen molar-refractivity contribution in [2.45, 2.75) is 45.8 Å². The summed E-state index contributed by atoms with van der Waals surface area (Å²) in [6, 6.07) is 10.8. The van der Waals surface area contributed by atoms with Crippen LogP contribution in [0.3, 0.4) is 0 Å². The van der Waals surface area contributed by atoms with Crippen LogP contribution in [-0.4, -0.2) is 26.2 Å². The average molecular weight is 403 g/mol. The summed E-state index contributed by atoms with van der Waals surface area (Å²) in [5.74, 6) is 0.537. The highest BCUT2D eigenvalue weighted by atomic mass is 32.2. The number of nitrogens with one attached hydrogen (secondary N) is 2. The highest BCUT2D eigenvalue weighted by Crippen LogP contribution is 2.40. The lowest BCUT2D eigenvalue weighted by Crippen LogP contribution is -2.41. The zero-order chi connectivity index (χ0) is 20.7. The van der Waals surface area contributed by atoms with Crippen LogP contribution in [-0.2, 0) is 10.0 Å². The minimum absolute atomic E-state index is 0.197. The molecule has 6 nitrogen and oxygen atoms in total. The van der Waals surface area contributed by atoms with Gasteiger partial charge in [-0.05, 0) is 57.0 Å². The predicted molar refractivity (Wildman–Crippen MR) is 110 cm³/mol. The van der Waals surface area contributed by atoms with Gasteiger partial charge in [0.25, 0.3) is 5.91 Å². The number of anilines is 1. The van der Waals surface area contributed by atoms with E-state index in [0.29, 0.717) is 23.2 Å². The fourth-order valence-electron chi connectivity index (χ4n) is 3.52. The smallest absolute Gasteiger partial charge is 0.252 e. The molecule has 0 bridgehead atoms. The van der Waals surface area contributed by atoms with E-state index in [2.05, 4.69) is 10.0 Å². The third-order valence-electron chi connectivity index (χ3n) is 4.81. The molecular formula is C21H26N2O4S. The van der Waals surface area contributed by atoms with Gasteiger partial charge in [0.05, 0.1) is 18.0 Å². The highest BCUT2D eigenvalue weighted by Gasteiger charge is 2.34. The topological polar surface area (TPSA) is 84.5 Å². The van der Waals surface area contributed by atoms with Gasteiger partial charge in [0.15, 0.2) is 0 Å². The van der Waals surface area contributed by atoms with E-state index in [0.717, 1.165) is 23.1 Å². The van der Waals surface area contributed by atoms with E-state index >= 15 is 0 Å². The van der Waals surface area contributed by atoms with Crippen molar-refractivity contribution in [2.24, 2.45) is 0 Å². The molecule has 2 aromatic carbocycles. The minimum Gasteiger partial charge on any atom is -0.487 e. The summed E-state index contributed by atoms with van der Waals surface area (Å²) >= 11 is 0. The number of aryl methyl sites for hydroxylation is 1. The van der Waals surface area contributed by atoms with Crippen molar-refractivity contribution in [1.82, 2.24) is 5.32 Å². The van der Waals surface area contributed by atoms with Gasteiger partial charge in [-0.25, -0.2) is 8.42 Å². The van der Waals surface area contributed by atoms with Crippen LogP contribution < -0.4 is 14.8 Å². The summed E-state index contributed by atoms with van der Waals surface area (Å²) in [5.41, 5.74) is 3.05. The Kier molecular flexibility index (Phi) is 5.14. The molecule has 7 heteroatoms. The van der Waals surface area contributed by atoms with Gasteiger partial charge in [-0.1, -0.05) is 18.2 Å². The van der Waals surface area contributed by atoms with E-state index < -0.39 is 15.6 Å². The summed E-state index contributed by atoms with van der Waals surface area (Å²) in [5, 5.41) is 3.10. The van der Waals surface area contributed by atoms with Crippen molar-refractivity contribution >= 4 is 21.6 Å². The second kappa shape index (κ2) is 7.13. The quantitative estimate of drug-likeness (QED) is 0.817. The molecule has 1 atom stereocenters. The van der Waals surface area contributed by atoms with Crippen LogP contribution >= 0.6 is 0 Å². The molecule has 1 heterocycles. The lowest BCUT2D eigenvalue weighted by atomic mass is 9.89. The Bertz CT molecular complexity index is 1030. The van der Waals surface area contributed by atoms with E-state index in [-0.39, 0.29) is 11.9 Å². The number of amides is 1. The number of hydrogen-bond donors (Lipinski definition) is 2. The van der Waals surface area contributed by atoms with E-state index in [1.165, 1.54) is 0 Å². The van der Waals surface area contributed by atoms with Gasteiger partial charge < -0.3 is 10.1 Å². The van der Waals surface area contributed by atoms with Crippen LogP contribution in [0.25, 0.3) is 0 Å². The molecule has 0 aromatic heterocycles. The fraction of sp³-hybridized carbons (Fsp3) is 0.381. The number of rotatable bonds is 4. The molecule has 0 spiro atoms. The second-order valence-corrected chi connectivity index (χ2v) is 9.73. The first-order valence-corrected chi connectivity index (χ1v) is 11.0. The second-order valence-electron chi connectivity index (χ2n) is 7.99. The van der Waals surface area contributed by atoms with Crippen molar-refractivity contribution in [1.29, 1.82) is 0 Å². The zero-order valence-electron chi connectivity index (χ0n) is 16.8. The van der Waals surface area contributed by atoms with E-state index in [1.54, 1.807) is 25.1 Å². The van der Waals surface area contributed by atoms with Gasteiger partial charge in [-0.2, -0.15) is 0 Å². The summed E-state index contributed by atoms with van der Waals surface area (Å²) < 4.78 is 31.7. The summed E-state index contributed by atoms with van der Waals surface area (Å²) in [7, 11) is -3.43. The van der Waals surface area contributed by atoms with Crippen LogP contribution in [0.4, 0.5) is 5.69 Å². The summed E-state index contributed by atoms with van der Waals surface area (Å²) in [6.07, 6.45) is 1.72. The first kappa shape index (κ1) is 20.2. The molecule has 0 saturated heterocycles. The maximum atomic E-state index is 13.0. The van der Waals surface area contributed by atoms with Crippen LogP contribution in [0.2, 0.25) is 0 Å². The van der Waals surface area contributed by atoms with Gasteiger partial charge in [0.2, 0.25) is 10.0 Å². The van der Waals surface area contributed by atoms with E-state index in [4.69, 9.17) is 4.74 Å². The van der Waals surface area contributed by atoms with Crippen LogP contribution in [0.15, 0.2) is 36.4 Å². The Balaban J connectivity index is 1.91. The first-order chi connectivity index (χ1) is 13.0. The van der Waals surface area contributed by atoms with Gasteiger partial charge >= 0.3 is 0 Å². The Labute approximate surface area is 166 Å². The molecule has 0 aliphatic carbocycles. The van der Waals surface area contributed by atoms with Gasteiger partial charge in [0, 0.05) is 17.5 Å². The number of carbonyl (C=O) groups is 1. The lowest BCUT2D eigenvalue weighted by molar-refractivity contribution is 0.0619. The van der Waals surface area contributed by atoms with Crippen molar-refractivity contribution in [3.05, 3.63) is 58.7 Å². The number of carbonyl (C=O) groups excluding carboxylic acids is 1. The molecule has 2 aromatic rings. The molecular weight excluding hydrogens is 376 g/mol. The van der Waals surface area contributed by atoms with Crippen molar-refractivity contribution < 1.29 is 17.9 Å². The standard InChI is InChI=1S/C21H26N2O4S/c1-13-9-10-16-18(12-21(3,4)27-19(16)11-13)22-20(24)15-7-6-8-17(14(15)2)23-28(5,25)26/h6-11,18,23H,12H2,1-5H3,(H,22,24)/t18-/m0/s1. The Morgan fingerprint density at radius 3 is 2.57 bits per heavy atom. The molecule has 28 heavy (non-hydrogen) atoms. The normalized spacial score (nSPS) is 18.0. The lowest BCUT2D eigenvalue weighted by Gasteiger charge is -2.38. The molecule has 1 aliphatic rings. The number of hydrogen-bond acceptors (Lipinski definition) is 4. The van der Waals surface area contributed by atoms with Crippen LogP contribution in [0.5, 0.6) is 5.75 Å². The largest absolute Gasteiger partial charge is 0.487 e. The maximum Gasteiger partial charge on any atom is 0.252 e. The SMILES string of the molecule is Cc1ccc2c(c1)OC(C)(C)C[C@@H]2NC(=O)c1cccc(NS(C)(=O)=O)c1C. The van der Waals surface area contributed by atoms with E-state index in [1.807, 2.05) is 39.0 Å². The molecule has 0 unspecified atom stereocenters. The Hall–Kier alpha value is -2.54. The van der Waals surface area contributed by atoms with E-state index in [9.17, 15) is 13.2 Å². The molecule has 1 aliphatic heterocycles. The number of benzene rings is 2. The highest BCUT2D eigenvalue weighted by molar-refractivity contribution is 7.92. The average Bonchev–Trinajstić information content (AvgIpc) is 2.54. The third-order valence-corrected chi connectivity index (χ3v) is 5.40. The molecule has 3 rings (SSSR count). The molecule has 0 radical (unpaired) electrons. The fourth-order valence-corrected chi connectivity index (χ4v) is 4.14. The maximum absolute atomic E-state index is 13.0. The van der Waals surface area contributed by atoms with Crippen LogP contribution in [0.1, 0.15) is 53.4 Å². The molecule has 0 saturated carbocycles. The number of fused-ring (bicyclic) bond motifs is 1. The van der Waals surface area contributed by atoms with Gasteiger partial charge in [-0.15, -0.1) is 0 Å². The Morgan fingerprint density at radius 1 is 1.18 bits per heavy atom. The minimum atomic E-state index is -3.43.